The number of carboxylic acids is 3. The van der Waals surface area contributed by atoms with E-state index in [9.17, 15) is 42.9 Å². The molecule has 3 saturated heterocycles. The van der Waals surface area contributed by atoms with Crippen molar-refractivity contribution in [3.8, 4) is 17.2 Å². The Labute approximate surface area is 807 Å². The normalized spacial score (nSPS) is 21.8. The third kappa shape index (κ3) is 26.3. The number of halogens is 3. The van der Waals surface area contributed by atoms with Gasteiger partial charge in [-0.3, -0.25) is 43.1 Å². The number of methoxy groups -OCH3 is 2. The number of aliphatic carboxylic acids is 3. The average molecular weight is 1870 g/mol. The molecular weight excluding hydrogens is 1710 g/mol. The van der Waals surface area contributed by atoms with Crippen molar-refractivity contribution < 1.29 is 57.1 Å². The van der Waals surface area contributed by atoms with Crippen LogP contribution in [0.4, 0.5) is 13.2 Å². The molecule has 0 bridgehead atoms. The molecule has 6 aromatic carbocycles. The Morgan fingerprint density at radius 3 is 0.985 bits per heavy atom. The van der Waals surface area contributed by atoms with Crippen molar-refractivity contribution in [3.63, 3.8) is 0 Å². The molecule has 6 aliphatic rings. The van der Waals surface area contributed by atoms with E-state index >= 15 is 0 Å². The number of hydrogen-bond acceptors (Lipinski definition) is 15. The Kier molecular flexibility index (Phi) is 37.5. The standard InChI is InChI=1S/C38H53FN4O4.C38H53FN4O3.C36H49FN4O2/c1-7-42(37(25(3)4)38(44)45)32-21-29(33(23-32)28-10-9-11-30(39)20-28)24-41-16-14-27(15-17-41)34-22-31(40-43(34)8-2)18-26-12-13-35(46-5)36(19-26)47-6;1-6-42(37(26(4)5)38(44)45)33-22-30(35(24-33)29-10-9-11-31(39)21-29)25-41-18-16-28(17-19-41)36-23-32(40-43(36)7-2)20-27-12-14-34(15-13-27)46-8-3;1-5-40(35(25(3)4)36(42)43)32-21-29(33(23-32)28-13-10-14-30(37)20-28)24-39-17-15-27(16-18-39)34-22-31(38-41(34)6-2)19-26-11-8-7-9-12-26/h9-13,19-20,22,25,27,29,32-33,37H,7-8,14-18,21,23-24H2,1-6H3,(H,44,45);9-15,21,23,26,28,30,33,35,37H,6-8,16-20,22,24-25H2,1-5H3,(H,44,45);7-14,20,22,25,27,29,32-33,35H,5-6,15-19,21,23-24H2,1-4H3,(H,42,43)/t29-,32+,33-,37-;30-,33+,35-,37-;29-,32+,33-,35-/m111/s1. The number of aryl methyl sites for hydroxylation is 3. The van der Waals surface area contributed by atoms with Gasteiger partial charge in [0.05, 0.1) is 37.9 Å². The number of ether oxygens (including phenoxy) is 3. The summed E-state index contributed by atoms with van der Waals surface area (Å²) in [6.45, 7) is 41.0. The van der Waals surface area contributed by atoms with Crippen LogP contribution in [0.5, 0.6) is 17.2 Å². The van der Waals surface area contributed by atoms with Crippen molar-refractivity contribution in [3.05, 3.63) is 249 Å². The highest BCUT2D eigenvalue weighted by molar-refractivity contribution is 5.75. The molecular formula is C112H155F3N12O9. The molecule has 9 aromatic rings. The van der Waals surface area contributed by atoms with Crippen molar-refractivity contribution >= 4 is 17.9 Å². The van der Waals surface area contributed by atoms with Crippen LogP contribution in [0.1, 0.15) is 270 Å². The van der Waals surface area contributed by atoms with Gasteiger partial charge in [-0.05, 0) is 329 Å². The van der Waals surface area contributed by atoms with E-state index in [0.717, 1.165) is 231 Å². The predicted octanol–water partition coefficient (Wildman–Crippen LogP) is 20.8. The van der Waals surface area contributed by atoms with Crippen LogP contribution in [0.2, 0.25) is 0 Å². The van der Waals surface area contributed by atoms with Gasteiger partial charge in [0.15, 0.2) is 11.5 Å². The molecule has 0 radical (unpaired) electrons. The van der Waals surface area contributed by atoms with Crippen molar-refractivity contribution in [2.45, 2.75) is 278 Å². The monoisotopic (exact) mass is 1870 g/mol. The van der Waals surface area contributed by atoms with Crippen molar-refractivity contribution in [1.82, 2.24) is 58.7 Å². The highest BCUT2D eigenvalue weighted by Crippen LogP contribution is 2.49. The van der Waals surface area contributed by atoms with E-state index in [-0.39, 0.29) is 71.1 Å². The van der Waals surface area contributed by atoms with Crippen LogP contribution in [0.3, 0.4) is 0 Å². The minimum atomic E-state index is -0.757. The van der Waals surface area contributed by atoms with E-state index < -0.39 is 36.0 Å². The highest BCUT2D eigenvalue weighted by atomic mass is 19.1. The van der Waals surface area contributed by atoms with Crippen LogP contribution in [0.25, 0.3) is 0 Å². The number of aromatic nitrogens is 6. The van der Waals surface area contributed by atoms with Crippen molar-refractivity contribution in [2.24, 2.45) is 35.5 Å². The fourth-order valence-corrected chi connectivity index (χ4v) is 24.4. The number of carboxylic acid groups (broad SMARTS) is 3. The van der Waals surface area contributed by atoms with Gasteiger partial charge in [0.25, 0.3) is 0 Å². The first kappa shape index (κ1) is 104. The summed E-state index contributed by atoms with van der Waals surface area (Å²) in [7, 11) is 3.31. The third-order valence-corrected chi connectivity index (χ3v) is 30.7. The van der Waals surface area contributed by atoms with Crippen LogP contribution >= 0.6 is 0 Å². The summed E-state index contributed by atoms with van der Waals surface area (Å²) in [4.78, 5) is 51.3. The molecule has 738 valence electrons. The van der Waals surface area contributed by atoms with E-state index in [0.29, 0.717) is 61.7 Å². The zero-order valence-corrected chi connectivity index (χ0v) is 83.7. The zero-order chi connectivity index (χ0) is 97.0. The minimum Gasteiger partial charge on any atom is -0.494 e. The molecule has 0 amide bonds. The first-order valence-corrected chi connectivity index (χ1v) is 51.2. The van der Waals surface area contributed by atoms with Gasteiger partial charge in [-0.15, -0.1) is 0 Å². The zero-order valence-electron chi connectivity index (χ0n) is 83.7. The number of nitrogens with zero attached hydrogens (tertiary/aromatic N) is 12. The van der Waals surface area contributed by atoms with Gasteiger partial charge in [-0.25, -0.2) is 13.2 Å². The molecule has 3 N–H and O–H groups in total. The minimum absolute atomic E-state index is 0.00857. The van der Waals surface area contributed by atoms with E-state index in [2.05, 4.69) is 164 Å². The second-order valence-electron chi connectivity index (χ2n) is 40.3. The van der Waals surface area contributed by atoms with Gasteiger partial charge in [0.2, 0.25) is 0 Å². The lowest BCUT2D eigenvalue weighted by atomic mass is 9.87. The van der Waals surface area contributed by atoms with Gasteiger partial charge < -0.3 is 44.2 Å². The van der Waals surface area contributed by atoms with Crippen molar-refractivity contribution in [2.75, 3.05) is 99.4 Å². The molecule has 21 nitrogen and oxygen atoms in total. The summed E-state index contributed by atoms with van der Waals surface area (Å²) in [6, 6.07) is 52.0. The Morgan fingerprint density at radius 2 is 0.699 bits per heavy atom. The van der Waals surface area contributed by atoms with E-state index in [4.69, 9.17) is 29.5 Å². The molecule has 6 fully saturated rings. The van der Waals surface area contributed by atoms with Gasteiger partial charge in [0, 0.05) is 111 Å². The summed E-state index contributed by atoms with van der Waals surface area (Å²) >= 11 is 0. The fraction of sp³-hybridized carbons (Fsp3) is 0.571. The molecule has 15 rings (SSSR count). The fourth-order valence-electron chi connectivity index (χ4n) is 24.4. The lowest BCUT2D eigenvalue weighted by Crippen LogP contribution is -2.49. The second-order valence-corrected chi connectivity index (χ2v) is 40.3. The Balaban J connectivity index is 0.000000173. The van der Waals surface area contributed by atoms with Crippen LogP contribution in [-0.2, 0) is 53.3 Å². The number of hydrogen-bond donors (Lipinski definition) is 3. The molecule has 24 heteroatoms. The predicted molar refractivity (Wildman–Crippen MR) is 534 cm³/mol. The quantitative estimate of drug-likeness (QED) is 0.0326. The summed E-state index contributed by atoms with van der Waals surface area (Å²) in [5, 5.41) is 45.2. The largest absolute Gasteiger partial charge is 0.494 e. The van der Waals surface area contributed by atoms with E-state index in [1.165, 1.54) is 46.4 Å². The maximum absolute atomic E-state index is 14.4. The summed E-state index contributed by atoms with van der Waals surface area (Å²) in [5.41, 5.74) is 14.1. The Hall–Kier alpha value is -9.69. The molecule has 6 heterocycles. The van der Waals surface area contributed by atoms with Gasteiger partial charge >= 0.3 is 17.9 Å². The molecule has 0 spiro atoms. The summed E-state index contributed by atoms with van der Waals surface area (Å²) in [5.74, 6) is 2.63. The second kappa shape index (κ2) is 49.2. The summed E-state index contributed by atoms with van der Waals surface area (Å²) in [6.07, 6.45) is 14.3. The number of likely N-dealkylation sites (tertiary alicyclic amines) is 3. The lowest BCUT2D eigenvalue weighted by Gasteiger charge is -2.36. The molecule has 12 atom stereocenters. The third-order valence-electron chi connectivity index (χ3n) is 30.7. The van der Waals surface area contributed by atoms with Gasteiger partial charge in [-0.2, -0.15) is 15.3 Å². The van der Waals surface area contributed by atoms with E-state index in [1.807, 2.05) is 97.0 Å². The van der Waals surface area contributed by atoms with E-state index in [1.54, 1.807) is 32.4 Å². The number of benzene rings is 6. The number of piperidine rings is 3. The highest BCUT2D eigenvalue weighted by Gasteiger charge is 2.47. The van der Waals surface area contributed by atoms with Gasteiger partial charge in [-0.1, -0.05) is 147 Å². The number of rotatable bonds is 40. The lowest BCUT2D eigenvalue weighted by molar-refractivity contribution is -0.147. The average Bonchev–Trinajstić information content (AvgIpc) is 1.65. The van der Waals surface area contributed by atoms with Crippen LogP contribution in [0.15, 0.2) is 164 Å². The van der Waals surface area contributed by atoms with Crippen molar-refractivity contribution in [1.29, 1.82) is 0 Å². The first-order chi connectivity index (χ1) is 65.6. The van der Waals surface area contributed by atoms with Crippen LogP contribution < -0.4 is 14.2 Å². The smallest absolute Gasteiger partial charge is 0.321 e. The number of carbonyl (C=O) groups is 3. The first-order valence-electron chi connectivity index (χ1n) is 51.2. The van der Waals surface area contributed by atoms with Crippen LogP contribution in [0, 0.1) is 53.0 Å². The molecule has 0 unspecified atom stereocenters. The van der Waals surface area contributed by atoms with Gasteiger partial charge in [0.1, 0.15) is 41.3 Å². The number of likely N-dealkylation sites (N-methyl/N-ethyl adjacent to an activating group) is 3. The summed E-state index contributed by atoms with van der Waals surface area (Å²) < 4.78 is 66.2. The maximum Gasteiger partial charge on any atom is 0.321 e. The molecule has 3 aromatic heterocycles. The Morgan fingerprint density at radius 1 is 0.382 bits per heavy atom. The molecule has 3 aliphatic carbocycles. The topological polar surface area (TPSA) is 212 Å². The molecule has 3 saturated carbocycles. The Bertz CT molecular complexity index is 5250. The van der Waals surface area contributed by atoms with Crippen LogP contribution in [-0.4, -0.2) is 228 Å². The molecule has 3 aliphatic heterocycles. The maximum atomic E-state index is 14.4. The molecule has 136 heavy (non-hydrogen) atoms. The SMILES string of the molecule is CCN([C@H]1C[C@H](CN2CCC(c3cc(Cc4ccc(OC)c(OC)c4)nn3CC)CC2)[C@@H](c2cccc(F)c2)C1)[C@@H](C(=O)O)C(C)C.CCN([C@H]1C[C@H](CN2CCC(c3cc(Cc4ccccc4)nn3CC)CC2)[C@@H](c2cccc(F)c2)C1)[C@@H](C(=O)O)C(C)C.CCOc1ccc(Cc2cc(C3CCN(C[C@H]4C[C@H](N(CC)[C@@H](C(=O)O)C(C)C)C[C@@H]4c4cccc(F)c4)CC3)n(CC)n2)cc1.